The van der Waals surface area contributed by atoms with Gasteiger partial charge in [0, 0.05) is 5.69 Å². The van der Waals surface area contributed by atoms with Gasteiger partial charge in [0.1, 0.15) is 0 Å². The summed E-state index contributed by atoms with van der Waals surface area (Å²) >= 11 is 1.28. The Hall–Kier alpha value is -3.25. The van der Waals surface area contributed by atoms with Crippen molar-refractivity contribution in [3.8, 4) is 0 Å². The zero-order valence-corrected chi connectivity index (χ0v) is 18.1. The van der Waals surface area contributed by atoms with Gasteiger partial charge in [-0.25, -0.2) is 4.98 Å². The highest BCUT2D eigenvalue weighted by atomic mass is 32.1. The number of carbonyl (C=O) groups excluding carboxylic acids is 2. The van der Waals surface area contributed by atoms with Crippen molar-refractivity contribution in [3.05, 3.63) is 92.1 Å². The monoisotopic (exact) mass is 418 g/mol. The molecule has 0 radical (unpaired) electrons. The Bertz CT molecular complexity index is 1210. The molecule has 1 aliphatic heterocycles. The molecule has 1 aliphatic rings. The molecule has 3 aromatic rings. The van der Waals surface area contributed by atoms with Crippen molar-refractivity contribution in [1.82, 2.24) is 4.98 Å². The first kappa shape index (κ1) is 20.0. The highest BCUT2D eigenvalue weighted by Crippen LogP contribution is 2.44. The summed E-state index contributed by atoms with van der Waals surface area (Å²) < 4.78 is 0. The van der Waals surface area contributed by atoms with E-state index in [1.54, 1.807) is 6.92 Å². The highest BCUT2D eigenvalue weighted by Gasteiger charge is 2.46. The molecule has 5 nitrogen and oxygen atoms in total. The number of ketones is 1. The van der Waals surface area contributed by atoms with E-state index in [4.69, 9.17) is 0 Å². The molecular weight excluding hydrogens is 396 g/mol. The van der Waals surface area contributed by atoms with E-state index in [9.17, 15) is 14.7 Å². The molecule has 6 heteroatoms. The number of amides is 1. The van der Waals surface area contributed by atoms with Crippen LogP contribution >= 0.6 is 11.3 Å². The van der Waals surface area contributed by atoms with Crippen molar-refractivity contribution in [2.75, 3.05) is 4.90 Å². The van der Waals surface area contributed by atoms with Crippen LogP contribution in [0.1, 0.15) is 43.1 Å². The Morgan fingerprint density at radius 3 is 2.23 bits per heavy atom. The van der Waals surface area contributed by atoms with Gasteiger partial charge < -0.3 is 5.11 Å². The molecule has 4 rings (SSSR count). The van der Waals surface area contributed by atoms with Gasteiger partial charge in [-0.15, -0.1) is 11.3 Å². The molecule has 1 amide bonds. The van der Waals surface area contributed by atoms with E-state index in [-0.39, 0.29) is 11.4 Å². The van der Waals surface area contributed by atoms with E-state index in [0.717, 1.165) is 21.7 Å². The molecule has 1 atom stereocenters. The van der Waals surface area contributed by atoms with E-state index in [1.807, 2.05) is 69.3 Å². The lowest BCUT2D eigenvalue weighted by molar-refractivity contribution is -0.117. The van der Waals surface area contributed by atoms with Crippen LogP contribution in [0.25, 0.3) is 0 Å². The van der Waals surface area contributed by atoms with Crippen LogP contribution in [-0.2, 0) is 4.79 Å². The summed E-state index contributed by atoms with van der Waals surface area (Å²) in [4.78, 5) is 33.1. The molecule has 152 valence electrons. The van der Waals surface area contributed by atoms with Crippen molar-refractivity contribution in [3.63, 3.8) is 0 Å². The Kier molecular flexibility index (Phi) is 5.03. The summed E-state index contributed by atoms with van der Waals surface area (Å²) in [5.41, 5.74) is 4.00. The number of benzene rings is 2. The van der Waals surface area contributed by atoms with Gasteiger partial charge in [0.25, 0.3) is 5.91 Å². The molecular formula is C24H22N2O3S. The molecule has 0 aliphatic carbocycles. The fourth-order valence-electron chi connectivity index (χ4n) is 3.97. The molecule has 0 saturated heterocycles. The minimum Gasteiger partial charge on any atom is -0.503 e. The van der Waals surface area contributed by atoms with Gasteiger partial charge in [-0.1, -0.05) is 42.5 Å². The number of aryl methyl sites for hydroxylation is 4. The van der Waals surface area contributed by atoms with Gasteiger partial charge in [-0.2, -0.15) is 0 Å². The SMILES string of the molecule is Cc1nc(C)c(C(=O)C2=C(O)C(=O)N(c3ccccc3C)C2c2ccccc2C)s1. The summed E-state index contributed by atoms with van der Waals surface area (Å²) in [5.74, 6) is -1.42. The molecule has 0 spiro atoms. The molecule has 1 unspecified atom stereocenters. The third kappa shape index (κ3) is 3.13. The normalized spacial score (nSPS) is 16.5. The second-order valence-corrected chi connectivity index (χ2v) is 8.66. The molecule has 1 N–H and O–H groups in total. The van der Waals surface area contributed by atoms with E-state index < -0.39 is 17.7 Å². The molecule has 0 bridgehead atoms. The first-order valence-electron chi connectivity index (χ1n) is 9.67. The number of rotatable bonds is 4. The van der Waals surface area contributed by atoms with Crippen LogP contribution in [0.3, 0.4) is 0 Å². The van der Waals surface area contributed by atoms with Crippen molar-refractivity contribution in [2.24, 2.45) is 0 Å². The zero-order chi connectivity index (χ0) is 21.6. The molecule has 0 fully saturated rings. The Morgan fingerprint density at radius 2 is 1.63 bits per heavy atom. The third-order valence-electron chi connectivity index (χ3n) is 5.42. The Morgan fingerprint density at radius 1 is 1.00 bits per heavy atom. The van der Waals surface area contributed by atoms with E-state index >= 15 is 0 Å². The molecule has 0 saturated carbocycles. The molecule has 30 heavy (non-hydrogen) atoms. The van der Waals surface area contributed by atoms with Crippen molar-refractivity contribution < 1.29 is 14.7 Å². The maximum Gasteiger partial charge on any atom is 0.294 e. The summed E-state index contributed by atoms with van der Waals surface area (Å²) in [5, 5.41) is 11.7. The van der Waals surface area contributed by atoms with Crippen molar-refractivity contribution in [2.45, 2.75) is 33.7 Å². The number of Topliss-reactive ketones (excluding diaryl/α,β-unsaturated/α-hetero) is 1. The number of carbonyl (C=O) groups is 2. The van der Waals surface area contributed by atoms with Crippen LogP contribution in [-0.4, -0.2) is 21.8 Å². The second kappa shape index (κ2) is 7.54. The topological polar surface area (TPSA) is 70.5 Å². The first-order valence-corrected chi connectivity index (χ1v) is 10.5. The number of hydrogen-bond donors (Lipinski definition) is 1. The minimum absolute atomic E-state index is 0.101. The first-order chi connectivity index (χ1) is 14.3. The summed E-state index contributed by atoms with van der Waals surface area (Å²) in [6.45, 7) is 7.45. The number of hydrogen-bond acceptors (Lipinski definition) is 5. The predicted molar refractivity (Wildman–Crippen MR) is 118 cm³/mol. The van der Waals surface area contributed by atoms with E-state index in [1.165, 1.54) is 16.2 Å². The number of para-hydroxylation sites is 1. The fourth-order valence-corrected chi connectivity index (χ4v) is 4.85. The van der Waals surface area contributed by atoms with Crippen LogP contribution in [0, 0.1) is 27.7 Å². The zero-order valence-electron chi connectivity index (χ0n) is 17.3. The maximum atomic E-state index is 13.6. The Balaban J connectivity index is 1.95. The second-order valence-electron chi connectivity index (χ2n) is 7.46. The van der Waals surface area contributed by atoms with Crippen LogP contribution in [0.15, 0.2) is 59.9 Å². The standard InChI is InChI=1S/C24H22N2O3S/c1-13-9-5-7-11-17(13)20-19(21(27)23-15(3)25-16(4)30-23)22(28)24(29)26(20)18-12-8-6-10-14(18)2/h5-12,20,28H,1-4H3. The number of aliphatic hydroxyl groups is 1. The largest absolute Gasteiger partial charge is 0.503 e. The van der Waals surface area contributed by atoms with E-state index in [2.05, 4.69) is 4.98 Å². The number of aliphatic hydroxyl groups excluding tert-OH is 1. The summed E-state index contributed by atoms with van der Waals surface area (Å²) in [6, 6.07) is 14.4. The van der Waals surface area contributed by atoms with Crippen LogP contribution in [0.5, 0.6) is 0 Å². The Labute approximate surface area is 179 Å². The van der Waals surface area contributed by atoms with Crippen molar-refractivity contribution in [1.29, 1.82) is 0 Å². The van der Waals surface area contributed by atoms with Gasteiger partial charge >= 0.3 is 0 Å². The van der Waals surface area contributed by atoms with Gasteiger partial charge in [0.2, 0.25) is 5.78 Å². The average molecular weight is 419 g/mol. The summed E-state index contributed by atoms with van der Waals surface area (Å²) in [7, 11) is 0. The summed E-state index contributed by atoms with van der Waals surface area (Å²) in [6.07, 6.45) is 0. The van der Waals surface area contributed by atoms with Crippen LogP contribution in [0.4, 0.5) is 5.69 Å². The van der Waals surface area contributed by atoms with Gasteiger partial charge in [-0.3, -0.25) is 14.5 Å². The highest BCUT2D eigenvalue weighted by molar-refractivity contribution is 7.14. The number of aromatic nitrogens is 1. The lowest BCUT2D eigenvalue weighted by atomic mass is 9.92. The third-order valence-corrected chi connectivity index (χ3v) is 6.49. The number of anilines is 1. The van der Waals surface area contributed by atoms with Gasteiger partial charge in [0.05, 0.1) is 27.2 Å². The van der Waals surface area contributed by atoms with Crippen LogP contribution < -0.4 is 4.90 Å². The quantitative estimate of drug-likeness (QED) is 0.594. The minimum atomic E-state index is -0.714. The smallest absolute Gasteiger partial charge is 0.294 e. The molecule has 2 heterocycles. The fraction of sp³-hybridized carbons (Fsp3) is 0.208. The van der Waals surface area contributed by atoms with Gasteiger partial charge in [0.15, 0.2) is 5.76 Å². The molecule has 1 aromatic heterocycles. The maximum absolute atomic E-state index is 13.6. The number of thiazole rings is 1. The predicted octanol–water partition coefficient (Wildman–Crippen LogP) is 5.16. The van der Waals surface area contributed by atoms with Crippen LogP contribution in [0.2, 0.25) is 0 Å². The average Bonchev–Trinajstić information content (AvgIpc) is 3.18. The van der Waals surface area contributed by atoms with Crippen molar-refractivity contribution >= 4 is 28.7 Å². The molecule has 2 aromatic carbocycles. The lowest BCUT2D eigenvalue weighted by Crippen LogP contribution is -2.32. The van der Waals surface area contributed by atoms with Gasteiger partial charge in [-0.05, 0) is 50.5 Å². The lowest BCUT2D eigenvalue weighted by Gasteiger charge is -2.29. The number of nitrogens with zero attached hydrogens (tertiary/aromatic N) is 2. The van der Waals surface area contributed by atoms with E-state index in [0.29, 0.717) is 16.3 Å².